The molecule has 20 heavy (non-hydrogen) atoms. The van der Waals surface area contributed by atoms with E-state index in [1.807, 2.05) is 25.1 Å². The standard InChI is InChI=1S/C15H15ClF2N2/c1-20(2)15-6-4-11(16)8-14(15)19-9-10-3-5-12(17)13(18)7-10/h3-8,19H,9H2,1-2H3. The van der Waals surface area contributed by atoms with Crippen LogP contribution in [-0.4, -0.2) is 14.1 Å². The summed E-state index contributed by atoms with van der Waals surface area (Å²) in [6.07, 6.45) is 0. The first kappa shape index (κ1) is 14.6. The molecule has 2 aromatic rings. The summed E-state index contributed by atoms with van der Waals surface area (Å²) in [6.45, 7) is 0.387. The maximum Gasteiger partial charge on any atom is 0.159 e. The van der Waals surface area contributed by atoms with E-state index in [0.29, 0.717) is 17.1 Å². The summed E-state index contributed by atoms with van der Waals surface area (Å²) in [5, 5.41) is 3.80. The van der Waals surface area contributed by atoms with Crippen molar-refractivity contribution in [1.29, 1.82) is 0 Å². The Bertz CT molecular complexity index is 615. The normalized spacial score (nSPS) is 10.4. The molecule has 106 valence electrons. The van der Waals surface area contributed by atoms with Gasteiger partial charge in [-0.1, -0.05) is 17.7 Å². The SMILES string of the molecule is CN(C)c1ccc(Cl)cc1NCc1ccc(F)c(F)c1. The van der Waals surface area contributed by atoms with Crippen LogP contribution < -0.4 is 10.2 Å². The predicted molar refractivity (Wildman–Crippen MR) is 79.5 cm³/mol. The fraction of sp³-hybridized carbons (Fsp3) is 0.200. The fourth-order valence-corrected chi connectivity index (χ4v) is 2.06. The largest absolute Gasteiger partial charge is 0.379 e. The lowest BCUT2D eigenvalue weighted by atomic mass is 10.2. The van der Waals surface area contributed by atoms with E-state index in [1.54, 1.807) is 18.2 Å². The molecule has 0 amide bonds. The Morgan fingerprint density at radius 2 is 1.80 bits per heavy atom. The first-order valence-corrected chi connectivity index (χ1v) is 6.50. The second kappa shape index (κ2) is 6.09. The van der Waals surface area contributed by atoms with Gasteiger partial charge in [-0.2, -0.15) is 0 Å². The van der Waals surface area contributed by atoms with Crippen molar-refractivity contribution in [2.24, 2.45) is 0 Å². The van der Waals surface area contributed by atoms with Crippen LogP contribution in [0.25, 0.3) is 0 Å². The zero-order valence-electron chi connectivity index (χ0n) is 11.3. The van der Waals surface area contributed by atoms with Crippen molar-refractivity contribution in [2.75, 3.05) is 24.3 Å². The lowest BCUT2D eigenvalue weighted by molar-refractivity contribution is 0.507. The highest BCUT2D eigenvalue weighted by Crippen LogP contribution is 2.28. The van der Waals surface area contributed by atoms with Crippen LogP contribution in [0, 0.1) is 11.6 Å². The average Bonchev–Trinajstić information content (AvgIpc) is 2.40. The highest BCUT2D eigenvalue weighted by Gasteiger charge is 2.07. The molecule has 0 radical (unpaired) electrons. The Kier molecular flexibility index (Phi) is 4.45. The van der Waals surface area contributed by atoms with Gasteiger partial charge in [0, 0.05) is 25.7 Å². The van der Waals surface area contributed by atoms with Crippen molar-refractivity contribution in [1.82, 2.24) is 0 Å². The molecule has 2 nitrogen and oxygen atoms in total. The van der Waals surface area contributed by atoms with Crippen molar-refractivity contribution in [3.05, 3.63) is 58.6 Å². The predicted octanol–water partition coefficient (Wildman–Crippen LogP) is 4.30. The number of nitrogens with one attached hydrogen (secondary N) is 1. The topological polar surface area (TPSA) is 15.3 Å². The highest BCUT2D eigenvalue weighted by atomic mass is 35.5. The molecular formula is C15H15ClF2N2. The van der Waals surface area contributed by atoms with Crippen LogP contribution in [0.4, 0.5) is 20.2 Å². The molecule has 0 bridgehead atoms. The van der Waals surface area contributed by atoms with Crippen LogP contribution in [0.1, 0.15) is 5.56 Å². The van der Waals surface area contributed by atoms with Crippen LogP contribution in [0.5, 0.6) is 0 Å². The van der Waals surface area contributed by atoms with Crippen molar-refractivity contribution in [3.8, 4) is 0 Å². The summed E-state index contributed by atoms with van der Waals surface area (Å²) >= 11 is 5.98. The number of nitrogens with zero attached hydrogens (tertiary/aromatic N) is 1. The van der Waals surface area contributed by atoms with E-state index in [9.17, 15) is 8.78 Å². The molecule has 0 aromatic heterocycles. The van der Waals surface area contributed by atoms with E-state index < -0.39 is 11.6 Å². The molecule has 0 aliphatic carbocycles. The number of hydrogen-bond donors (Lipinski definition) is 1. The molecule has 5 heteroatoms. The minimum absolute atomic E-state index is 0.387. The number of anilines is 2. The van der Waals surface area contributed by atoms with E-state index in [1.165, 1.54) is 6.07 Å². The van der Waals surface area contributed by atoms with Crippen molar-refractivity contribution >= 4 is 23.0 Å². The van der Waals surface area contributed by atoms with Gasteiger partial charge < -0.3 is 10.2 Å². The zero-order chi connectivity index (χ0) is 14.7. The molecule has 0 heterocycles. The number of rotatable bonds is 4. The summed E-state index contributed by atoms with van der Waals surface area (Å²) in [6, 6.07) is 9.36. The van der Waals surface area contributed by atoms with Crippen LogP contribution in [-0.2, 0) is 6.54 Å². The van der Waals surface area contributed by atoms with E-state index >= 15 is 0 Å². The second-order valence-corrected chi connectivity index (χ2v) is 5.09. The van der Waals surface area contributed by atoms with Crippen molar-refractivity contribution < 1.29 is 8.78 Å². The molecule has 0 saturated heterocycles. The number of benzene rings is 2. The Morgan fingerprint density at radius 3 is 2.45 bits per heavy atom. The highest BCUT2D eigenvalue weighted by molar-refractivity contribution is 6.31. The van der Waals surface area contributed by atoms with Crippen LogP contribution in [0.3, 0.4) is 0 Å². The lowest BCUT2D eigenvalue weighted by Gasteiger charge is -2.19. The average molecular weight is 297 g/mol. The molecular weight excluding hydrogens is 282 g/mol. The van der Waals surface area contributed by atoms with E-state index in [4.69, 9.17) is 11.6 Å². The molecule has 0 aliphatic heterocycles. The Hall–Kier alpha value is -1.81. The van der Waals surface area contributed by atoms with E-state index in [-0.39, 0.29) is 0 Å². The molecule has 0 atom stereocenters. The van der Waals surface area contributed by atoms with Crippen molar-refractivity contribution in [2.45, 2.75) is 6.54 Å². The molecule has 0 unspecified atom stereocenters. The van der Waals surface area contributed by atoms with Gasteiger partial charge in [-0.25, -0.2) is 8.78 Å². The number of halogens is 3. The van der Waals surface area contributed by atoms with Gasteiger partial charge >= 0.3 is 0 Å². The minimum atomic E-state index is -0.844. The van der Waals surface area contributed by atoms with Gasteiger partial charge in [0.1, 0.15) is 0 Å². The third-order valence-corrected chi connectivity index (χ3v) is 3.14. The molecule has 2 aromatic carbocycles. The summed E-state index contributed by atoms with van der Waals surface area (Å²) in [7, 11) is 3.85. The van der Waals surface area contributed by atoms with E-state index in [2.05, 4.69) is 5.32 Å². The first-order chi connectivity index (χ1) is 9.47. The molecule has 0 fully saturated rings. The quantitative estimate of drug-likeness (QED) is 0.905. The van der Waals surface area contributed by atoms with Gasteiger partial charge in [0.2, 0.25) is 0 Å². The first-order valence-electron chi connectivity index (χ1n) is 6.12. The van der Waals surface area contributed by atoms with Crippen LogP contribution >= 0.6 is 11.6 Å². The smallest absolute Gasteiger partial charge is 0.159 e. The van der Waals surface area contributed by atoms with Gasteiger partial charge in [-0.15, -0.1) is 0 Å². The maximum atomic E-state index is 13.1. The van der Waals surface area contributed by atoms with Gasteiger partial charge in [-0.05, 0) is 35.9 Å². The number of hydrogen-bond acceptors (Lipinski definition) is 2. The van der Waals surface area contributed by atoms with Crippen molar-refractivity contribution in [3.63, 3.8) is 0 Å². The second-order valence-electron chi connectivity index (χ2n) is 4.66. The van der Waals surface area contributed by atoms with E-state index in [0.717, 1.165) is 17.4 Å². The maximum absolute atomic E-state index is 13.1. The Labute approximate surface area is 122 Å². The summed E-state index contributed by atoms with van der Waals surface area (Å²) in [5.74, 6) is -1.69. The van der Waals surface area contributed by atoms with Gasteiger partial charge in [0.05, 0.1) is 11.4 Å². The lowest BCUT2D eigenvalue weighted by Crippen LogP contribution is -2.12. The summed E-state index contributed by atoms with van der Waals surface area (Å²) in [5.41, 5.74) is 2.47. The zero-order valence-corrected chi connectivity index (χ0v) is 12.0. The Balaban J connectivity index is 2.17. The molecule has 2 rings (SSSR count). The monoisotopic (exact) mass is 296 g/mol. The summed E-state index contributed by atoms with van der Waals surface area (Å²) < 4.78 is 26.0. The van der Waals surface area contributed by atoms with Gasteiger partial charge in [0.25, 0.3) is 0 Å². The van der Waals surface area contributed by atoms with Gasteiger partial charge in [0.15, 0.2) is 11.6 Å². The minimum Gasteiger partial charge on any atom is -0.379 e. The Morgan fingerprint density at radius 1 is 1.05 bits per heavy atom. The van der Waals surface area contributed by atoms with Crippen LogP contribution in [0.15, 0.2) is 36.4 Å². The van der Waals surface area contributed by atoms with Crippen LogP contribution in [0.2, 0.25) is 5.02 Å². The molecule has 0 spiro atoms. The third-order valence-electron chi connectivity index (χ3n) is 2.91. The third kappa shape index (κ3) is 3.39. The van der Waals surface area contributed by atoms with Gasteiger partial charge in [-0.3, -0.25) is 0 Å². The molecule has 0 aliphatic rings. The fourth-order valence-electron chi connectivity index (χ4n) is 1.89. The summed E-state index contributed by atoms with van der Waals surface area (Å²) in [4.78, 5) is 1.95. The molecule has 1 N–H and O–H groups in total. The molecule has 0 saturated carbocycles.